The third-order valence-corrected chi connectivity index (χ3v) is 3.74. The average molecular weight is 329 g/mol. The Morgan fingerprint density at radius 2 is 2.04 bits per heavy atom. The molecule has 0 spiro atoms. The molecule has 2 heterocycles. The van der Waals surface area contributed by atoms with Crippen LogP contribution in [0.2, 0.25) is 0 Å². The van der Waals surface area contributed by atoms with E-state index in [2.05, 4.69) is 20.7 Å². The lowest BCUT2D eigenvalue weighted by Crippen LogP contribution is -2.35. The predicted molar refractivity (Wildman–Crippen MR) is 91.9 cm³/mol. The van der Waals surface area contributed by atoms with Gasteiger partial charge in [0, 0.05) is 11.6 Å². The van der Waals surface area contributed by atoms with E-state index in [9.17, 15) is 9.59 Å². The van der Waals surface area contributed by atoms with Gasteiger partial charge in [-0.3, -0.25) is 9.59 Å². The Hall–Kier alpha value is -2.70. The maximum Gasteiger partial charge on any atom is 0.243 e. The zero-order valence-corrected chi connectivity index (χ0v) is 14.5. The molecule has 0 radical (unpaired) electrons. The Balaban J connectivity index is 1.93. The molecule has 2 aromatic heterocycles. The molecule has 2 aromatic rings. The summed E-state index contributed by atoms with van der Waals surface area (Å²) < 4.78 is 1.74. The van der Waals surface area contributed by atoms with E-state index in [4.69, 9.17) is 0 Å². The lowest BCUT2D eigenvalue weighted by molar-refractivity contribution is -0.126. The van der Waals surface area contributed by atoms with Crippen molar-refractivity contribution in [1.29, 1.82) is 0 Å². The molecule has 0 aliphatic carbocycles. The molecule has 7 heteroatoms. The van der Waals surface area contributed by atoms with E-state index in [-0.39, 0.29) is 24.3 Å². The van der Waals surface area contributed by atoms with E-state index in [1.807, 2.05) is 33.8 Å². The first-order valence-corrected chi connectivity index (χ1v) is 7.98. The highest BCUT2D eigenvalue weighted by Gasteiger charge is 2.12. The number of anilines is 1. The van der Waals surface area contributed by atoms with Crippen molar-refractivity contribution < 1.29 is 9.59 Å². The van der Waals surface area contributed by atoms with E-state index >= 15 is 0 Å². The highest BCUT2D eigenvalue weighted by atomic mass is 16.2. The second-order valence-electron chi connectivity index (χ2n) is 5.82. The average Bonchev–Trinajstić information content (AvgIpc) is 2.91. The first kappa shape index (κ1) is 17.7. The molecule has 128 valence electrons. The van der Waals surface area contributed by atoms with Gasteiger partial charge < -0.3 is 10.6 Å². The summed E-state index contributed by atoms with van der Waals surface area (Å²) in [7, 11) is 0. The summed E-state index contributed by atoms with van der Waals surface area (Å²) in [6.07, 6.45) is 2.31. The lowest BCUT2D eigenvalue weighted by atomic mass is 10.1. The van der Waals surface area contributed by atoms with Crippen LogP contribution in [0.1, 0.15) is 31.7 Å². The summed E-state index contributed by atoms with van der Waals surface area (Å²) in [5.74, 6) is 0.182. The van der Waals surface area contributed by atoms with Crippen LogP contribution in [0.3, 0.4) is 0 Å². The minimum Gasteiger partial charge on any atom is -0.347 e. The van der Waals surface area contributed by atoms with Crippen molar-refractivity contribution in [3.8, 4) is 5.82 Å². The molecule has 0 bridgehead atoms. The van der Waals surface area contributed by atoms with Crippen LogP contribution in [0.15, 0.2) is 24.4 Å². The van der Waals surface area contributed by atoms with Crippen LogP contribution in [0.25, 0.3) is 5.82 Å². The van der Waals surface area contributed by atoms with Gasteiger partial charge in [0.15, 0.2) is 5.82 Å². The zero-order chi connectivity index (χ0) is 17.7. The van der Waals surface area contributed by atoms with Gasteiger partial charge in [0.2, 0.25) is 11.8 Å². The molecule has 0 unspecified atom stereocenters. The van der Waals surface area contributed by atoms with Gasteiger partial charge in [-0.25, -0.2) is 9.67 Å². The zero-order valence-electron chi connectivity index (χ0n) is 14.5. The van der Waals surface area contributed by atoms with E-state index in [1.165, 1.54) is 0 Å². The van der Waals surface area contributed by atoms with E-state index in [1.54, 1.807) is 23.0 Å². The number of nitrogens with zero attached hydrogens (tertiary/aromatic N) is 3. The fraction of sp³-hybridized carbons (Fsp3) is 0.412. The number of hydrogen-bond donors (Lipinski definition) is 2. The Kier molecular flexibility index (Phi) is 5.68. The van der Waals surface area contributed by atoms with Crippen molar-refractivity contribution in [2.24, 2.45) is 5.92 Å². The molecular weight excluding hydrogens is 306 g/mol. The van der Waals surface area contributed by atoms with Gasteiger partial charge in [0.25, 0.3) is 0 Å². The number of amides is 2. The van der Waals surface area contributed by atoms with Crippen molar-refractivity contribution >= 4 is 17.5 Å². The van der Waals surface area contributed by atoms with Crippen LogP contribution in [-0.4, -0.2) is 33.1 Å². The van der Waals surface area contributed by atoms with E-state index in [0.717, 1.165) is 17.8 Å². The maximum atomic E-state index is 11.9. The third-order valence-electron chi connectivity index (χ3n) is 3.74. The highest BCUT2D eigenvalue weighted by Crippen LogP contribution is 2.12. The predicted octanol–water partition coefficient (Wildman–Crippen LogP) is 1.98. The van der Waals surface area contributed by atoms with E-state index in [0.29, 0.717) is 11.5 Å². The standard InChI is InChI=1S/C17H23N5O2/c1-5-11(2)17(24)19-10-16(23)20-14-6-7-15(18-9-14)22-13(4)8-12(3)21-22/h6-9,11H,5,10H2,1-4H3,(H,19,24)(H,20,23)/t11-/m1/s1. The highest BCUT2D eigenvalue weighted by molar-refractivity contribution is 5.94. The number of carbonyl (C=O) groups is 2. The molecule has 2 rings (SSSR count). The van der Waals surface area contributed by atoms with Crippen LogP contribution in [0, 0.1) is 19.8 Å². The molecule has 2 amide bonds. The normalized spacial score (nSPS) is 11.8. The molecule has 1 atom stereocenters. The van der Waals surface area contributed by atoms with Gasteiger partial charge in [-0.15, -0.1) is 0 Å². The van der Waals surface area contributed by atoms with Gasteiger partial charge >= 0.3 is 0 Å². The largest absolute Gasteiger partial charge is 0.347 e. The number of aromatic nitrogens is 3. The van der Waals surface area contributed by atoms with Crippen LogP contribution in [0.4, 0.5) is 5.69 Å². The molecule has 0 saturated heterocycles. The summed E-state index contributed by atoms with van der Waals surface area (Å²) in [6.45, 7) is 7.58. The van der Waals surface area contributed by atoms with Crippen molar-refractivity contribution in [3.05, 3.63) is 35.8 Å². The van der Waals surface area contributed by atoms with Gasteiger partial charge in [-0.2, -0.15) is 5.10 Å². The Morgan fingerprint density at radius 3 is 2.58 bits per heavy atom. The lowest BCUT2D eigenvalue weighted by Gasteiger charge is -2.10. The van der Waals surface area contributed by atoms with Gasteiger partial charge in [0.1, 0.15) is 0 Å². The first-order chi connectivity index (χ1) is 11.4. The van der Waals surface area contributed by atoms with Crippen LogP contribution in [-0.2, 0) is 9.59 Å². The van der Waals surface area contributed by atoms with Crippen LogP contribution < -0.4 is 10.6 Å². The van der Waals surface area contributed by atoms with Crippen molar-refractivity contribution in [1.82, 2.24) is 20.1 Å². The summed E-state index contributed by atoms with van der Waals surface area (Å²) in [6, 6.07) is 5.51. The Morgan fingerprint density at radius 1 is 1.29 bits per heavy atom. The summed E-state index contributed by atoms with van der Waals surface area (Å²) in [5, 5.41) is 9.69. The molecule has 0 aliphatic rings. The minimum absolute atomic E-state index is 0.0532. The molecule has 2 N–H and O–H groups in total. The molecule has 0 fully saturated rings. The fourth-order valence-corrected chi connectivity index (χ4v) is 2.18. The van der Waals surface area contributed by atoms with Crippen molar-refractivity contribution in [3.63, 3.8) is 0 Å². The van der Waals surface area contributed by atoms with Gasteiger partial charge in [0.05, 0.1) is 24.1 Å². The SMILES string of the molecule is CC[C@@H](C)C(=O)NCC(=O)Nc1ccc(-n2nc(C)cc2C)nc1. The minimum atomic E-state index is -0.285. The Bertz CT molecular complexity index is 721. The second-order valence-corrected chi connectivity index (χ2v) is 5.82. The number of hydrogen-bond acceptors (Lipinski definition) is 4. The Labute approximate surface area is 141 Å². The second kappa shape index (κ2) is 7.72. The topological polar surface area (TPSA) is 88.9 Å². The molecule has 7 nitrogen and oxygen atoms in total. The quantitative estimate of drug-likeness (QED) is 0.848. The van der Waals surface area contributed by atoms with Crippen molar-refractivity contribution in [2.45, 2.75) is 34.1 Å². The van der Waals surface area contributed by atoms with Crippen molar-refractivity contribution in [2.75, 3.05) is 11.9 Å². The third kappa shape index (κ3) is 4.41. The molecule has 0 saturated carbocycles. The number of rotatable bonds is 6. The van der Waals surface area contributed by atoms with Gasteiger partial charge in [-0.05, 0) is 38.5 Å². The molecular formula is C17H23N5O2. The number of aryl methyl sites for hydroxylation is 2. The van der Waals surface area contributed by atoms with Crippen LogP contribution >= 0.6 is 0 Å². The summed E-state index contributed by atoms with van der Waals surface area (Å²) in [4.78, 5) is 27.8. The summed E-state index contributed by atoms with van der Waals surface area (Å²) >= 11 is 0. The fourth-order valence-electron chi connectivity index (χ4n) is 2.18. The first-order valence-electron chi connectivity index (χ1n) is 7.98. The van der Waals surface area contributed by atoms with Crippen LogP contribution in [0.5, 0.6) is 0 Å². The molecule has 24 heavy (non-hydrogen) atoms. The van der Waals surface area contributed by atoms with E-state index < -0.39 is 0 Å². The number of carbonyl (C=O) groups excluding carboxylic acids is 2. The maximum absolute atomic E-state index is 11.9. The molecule has 0 aromatic carbocycles. The smallest absolute Gasteiger partial charge is 0.243 e. The summed E-state index contributed by atoms with van der Waals surface area (Å²) in [5.41, 5.74) is 2.48. The van der Waals surface area contributed by atoms with Gasteiger partial charge in [-0.1, -0.05) is 13.8 Å². The number of nitrogens with one attached hydrogen (secondary N) is 2. The molecule has 0 aliphatic heterocycles. The number of pyridine rings is 1. The monoisotopic (exact) mass is 329 g/mol.